The van der Waals surface area contributed by atoms with Crippen molar-refractivity contribution in [1.82, 2.24) is 10.9 Å². The Balaban J connectivity index is 0.00000163. The van der Waals surface area contributed by atoms with Gasteiger partial charge in [-0.2, -0.15) is 10.2 Å². The first-order valence-corrected chi connectivity index (χ1v) is 8.06. The Morgan fingerprint density at radius 3 is 1.62 bits per heavy atom. The first kappa shape index (κ1) is 21.7. The molecular formula is C15H12Cl2N4O4V. The third kappa shape index (κ3) is 7.24. The molecule has 11 heteroatoms. The molecule has 0 unspecified atom stereocenters. The van der Waals surface area contributed by atoms with Crippen LogP contribution in [0.4, 0.5) is 4.79 Å². The van der Waals surface area contributed by atoms with E-state index in [4.69, 9.17) is 26.9 Å². The van der Waals surface area contributed by atoms with Gasteiger partial charge in [-0.05, 0) is 36.4 Å². The first-order valence-electron chi connectivity index (χ1n) is 6.73. The molecule has 0 saturated carbocycles. The van der Waals surface area contributed by atoms with E-state index in [-0.39, 0.29) is 11.5 Å². The minimum atomic E-state index is -0.704. The third-order valence-corrected chi connectivity index (χ3v) is 3.19. The van der Waals surface area contributed by atoms with Gasteiger partial charge < -0.3 is 10.2 Å². The predicted octanol–water partition coefficient (Wildman–Crippen LogP) is 2.95. The van der Waals surface area contributed by atoms with E-state index in [1.54, 1.807) is 24.3 Å². The van der Waals surface area contributed by atoms with Gasteiger partial charge in [-0.25, -0.2) is 15.6 Å². The number of benzene rings is 2. The van der Waals surface area contributed by atoms with E-state index in [1.165, 1.54) is 24.6 Å². The van der Waals surface area contributed by atoms with Gasteiger partial charge in [0.2, 0.25) is 0 Å². The molecule has 26 heavy (non-hydrogen) atoms. The summed E-state index contributed by atoms with van der Waals surface area (Å²) in [5, 5.41) is 27.3. The molecule has 4 N–H and O–H groups in total. The number of rotatable bonds is 4. The number of hydrogen-bond acceptors (Lipinski definition) is 6. The van der Waals surface area contributed by atoms with Gasteiger partial charge in [0.15, 0.2) is 0 Å². The number of hydrazone groups is 2. The van der Waals surface area contributed by atoms with Crippen LogP contribution in [0.25, 0.3) is 0 Å². The maximum absolute atomic E-state index is 11.5. The summed E-state index contributed by atoms with van der Waals surface area (Å²) in [5.41, 5.74) is 5.09. The molecule has 8 nitrogen and oxygen atoms in total. The number of carbonyl (C=O) groups excluding carboxylic acids is 1. The molecule has 0 aliphatic heterocycles. The van der Waals surface area contributed by atoms with Gasteiger partial charge >= 0.3 is 27.1 Å². The molecule has 0 fully saturated rings. The van der Waals surface area contributed by atoms with Crippen molar-refractivity contribution in [3.63, 3.8) is 0 Å². The van der Waals surface area contributed by atoms with E-state index in [9.17, 15) is 15.0 Å². The van der Waals surface area contributed by atoms with Crippen LogP contribution in [0.5, 0.6) is 11.5 Å². The Morgan fingerprint density at radius 1 is 0.885 bits per heavy atom. The van der Waals surface area contributed by atoms with Crippen molar-refractivity contribution >= 4 is 41.7 Å². The summed E-state index contributed by atoms with van der Waals surface area (Å²) in [6.07, 6.45) is 2.50. The van der Waals surface area contributed by atoms with Crippen molar-refractivity contribution in [2.24, 2.45) is 10.2 Å². The number of phenolic OH excluding ortho intramolecular Hbond substituents is 2. The van der Waals surface area contributed by atoms with Crippen molar-refractivity contribution in [2.75, 3.05) is 0 Å². The molecule has 0 aliphatic carbocycles. The first-order chi connectivity index (χ1) is 12.5. The molecule has 0 saturated heterocycles. The standard InChI is InChI=1S/C15H12Cl2N4O3.O.V/c16-11-3-1-9(13(22)5-11)7-18-20-15(24)21-19-8-10-2-4-12(17)6-14(10)23;;/h1-8,22-23H,(H2,20,21,24);;/b18-7+,19-8+;;. The summed E-state index contributed by atoms with van der Waals surface area (Å²) in [7, 11) is 0. The van der Waals surface area contributed by atoms with E-state index in [1.807, 2.05) is 0 Å². The Bertz CT molecular complexity index is 768. The van der Waals surface area contributed by atoms with E-state index in [2.05, 4.69) is 21.1 Å². The predicted molar refractivity (Wildman–Crippen MR) is 93.8 cm³/mol. The number of amides is 2. The molecule has 0 radical (unpaired) electrons. The average Bonchev–Trinajstić information content (AvgIpc) is 2.60. The van der Waals surface area contributed by atoms with E-state index < -0.39 is 6.03 Å². The zero-order chi connectivity index (χ0) is 19.5. The van der Waals surface area contributed by atoms with E-state index in [0.717, 1.165) is 17.4 Å². The fourth-order valence-electron chi connectivity index (χ4n) is 1.60. The van der Waals surface area contributed by atoms with Gasteiger partial charge in [0.1, 0.15) is 11.5 Å². The summed E-state index contributed by atoms with van der Waals surface area (Å²) < 4.78 is 8.19. The summed E-state index contributed by atoms with van der Waals surface area (Å²) in [6.45, 7) is 0. The van der Waals surface area contributed by atoms with Crippen LogP contribution in [0.15, 0.2) is 46.6 Å². The van der Waals surface area contributed by atoms with Crippen molar-refractivity contribution in [3.05, 3.63) is 57.6 Å². The molecule has 0 atom stereocenters. The fraction of sp³-hybridized carbons (Fsp3) is 0. The molecule has 2 rings (SSSR count). The van der Waals surface area contributed by atoms with E-state index in [0.29, 0.717) is 21.2 Å². The summed E-state index contributed by atoms with van der Waals surface area (Å²) in [6, 6.07) is 8.24. The fourth-order valence-corrected chi connectivity index (χ4v) is 1.93. The second kappa shape index (κ2) is 11.3. The second-order valence-corrected chi connectivity index (χ2v) is 5.35. The number of phenols is 2. The number of urea groups is 1. The zero-order valence-electron chi connectivity index (χ0n) is 12.9. The van der Waals surface area contributed by atoms with Crippen molar-refractivity contribution < 1.29 is 36.1 Å². The molecule has 0 aliphatic rings. The number of hydrogen-bond donors (Lipinski definition) is 4. The number of halogens is 2. The summed E-state index contributed by atoms with van der Waals surface area (Å²) in [4.78, 5) is 11.5. The Kier molecular flexibility index (Phi) is 9.39. The van der Waals surface area contributed by atoms with Crippen LogP contribution in [0.3, 0.4) is 0 Å². The van der Waals surface area contributed by atoms with Crippen molar-refractivity contribution in [1.29, 1.82) is 0 Å². The number of aromatic hydroxyl groups is 2. The topological polar surface area (TPSA) is 123 Å². The van der Waals surface area contributed by atoms with Crippen LogP contribution in [0.1, 0.15) is 11.1 Å². The monoisotopic (exact) mass is 433 g/mol. The maximum atomic E-state index is 11.5. The molecule has 0 spiro atoms. The number of nitrogens with zero attached hydrogens (tertiary/aromatic N) is 2. The van der Waals surface area contributed by atoms with Gasteiger partial charge in [0.25, 0.3) is 0 Å². The zero-order valence-corrected chi connectivity index (χ0v) is 15.8. The quantitative estimate of drug-likeness (QED) is 0.437. The molecular weight excluding hydrogens is 422 g/mol. The minimum absolute atomic E-state index is 0.0651. The van der Waals surface area contributed by atoms with Gasteiger partial charge in [-0.15, -0.1) is 0 Å². The van der Waals surface area contributed by atoms with Crippen LogP contribution in [0, 0.1) is 0 Å². The molecule has 2 amide bonds. The molecule has 0 bridgehead atoms. The van der Waals surface area contributed by atoms with Crippen LogP contribution in [-0.2, 0) is 21.0 Å². The van der Waals surface area contributed by atoms with Crippen LogP contribution < -0.4 is 10.9 Å². The summed E-state index contributed by atoms with van der Waals surface area (Å²) >= 11 is 12.5. The van der Waals surface area contributed by atoms with Crippen LogP contribution in [0.2, 0.25) is 10.0 Å². The van der Waals surface area contributed by atoms with Gasteiger partial charge in [0, 0.05) is 21.2 Å². The van der Waals surface area contributed by atoms with Gasteiger partial charge in [0.05, 0.1) is 12.4 Å². The SMILES string of the molecule is O=C(N/N=C/c1ccc(Cl)cc1O)N/N=C/c1ccc(Cl)cc1O.[O]=[V]. The second-order valence-electron chi connectivity index (χ2n) is 4.48. The van der Waals surface area contributed by atoms with Crippen molar-refractivity contribution in [3.8, 4) is 11.5 Å². The van der Waals surface area contributed by atoms with Gasteiger partial charge in [-0.1, -0.05) is 23.2 Å². The number of nitrogens with one attached hydrogen (secondary N) is 2. The van der Waals surface area contributed by atoms with Crippen molar-refractivity contribution in [2.45, 2.75) is 0 Å². The molecule has 0 heterocycles. The molecule has 2 aromatic carbocycles. The third-order valence-electron chi connectivity index (χ3n) is 2.72. The molecule has 2 aromatic rings. The Hall–Kier alpha value is -2.39. The number of carbonyl (C=O) groups is 1. The Labute approximate surface area is 167 Å². The van der Waals surface area contributed by atoms with Crippen LogP contribution in [-0.4, -0.2) is 28.7 Å². The van der Waals surface area contributed by atoms with Crippen LogP contribution >= 0.6 is 23.2 Å². The van der Waals surface area contributed by atoms with Gasteiger partial charge in [-0.3, -0.25) is 0 Å². The molecule has 135 valence electrons. The Morgan fingerprint density at radius 2 is 1.27 bits per heavy atom. The molecule has 0 aromatic heterocycles. The average molecular weight is 434 g/mol. The summed E-state index contributed by atoms with van der Waals surface area (Å²) in [5.74, 6) is -0.130. The van der Waals surface area contributed by atoms with E-state index >= 15 is 0 Å². The normalized spacial score (nSPS) is 10.3.